The summed E-state index contributed by atoms with van der Waals surface area (Å²) in [6.07, 6.45) is 0.546. The molecule has 0 bridgehead atoms. The van der Waals surface area contributed by atoms with E-state index in [1.807, 2.05) is 24.3 Å². The fourth-order valence-electron chi connectivity index (χ4n) is 2.51. The van der Waals surface area contributed by atoms with Crippen LogP contribution in [0.4, 0.5) is 10.1 Å². The maximum Gasteiger partial charge on any atom is 0.307 e. The molecular formula is C20H22FNO4. The number of hydrogen-bond donors (Lipinski definition) is 2. The zero-order valence-electron chi connectivity index (χ0n) is 14.8. The molecule has 1 unspecified atom stereocenters. The highest BCUT2D eigenvalue weighted by molar-refractivity contribution is 5.92. The predicted molar refractivity (Wildman–Crippen MR) is 97.0 cm³/mol. The van der Waals surface area contributed by atoms with Crippen LogP contribution in [0.2, 0.25) is 0 Å². The van der Waals surface area contributed by atoms with Crippen molar-refractivity contribution in [1.82, 2.24) is 0 Å². The molecule has 5 nitrogen and oxygen atoms in total. The number of carboxylic acids is 1. The summed E-state index contributed by atoms with van der Waals surface area (Å²) in [5.74, 6) is -1.25. The molecule has 138 valence electrons. The van der Waals surface area contributed by atoms with Crippen LogP contribution in [0.3, 0.4) is 0 Å². The fraction of sp³-hybridized carbons (Fsp3) is 0.300. The third kappa shape index (κ3) is 5.31. The molecule has 2 aromatic carbocycles. The Morgan fingerprint density at radius 2 is 1.96 bits per heavy atom. The Morgan fingerprint density at radius 1 is 1.23 bits per heavy atom. The summed E-state index contributed by atoms with van der Waals surface area (Å²) < 4.78 is 19.5. The molecule has 0 spiro atoms. The van der Waals surface area contributed by atoms with Gasteiger partial charge >= 0.3 is 5.97 Å². The highest BCUT2D eigenvalue weighted by atomic mass is 19.1. The lowest BCUT2D eigenvalue weighted by Gasteiger charge is -2.15. The van der Waals surface area contributed by atoms with Crippen molar-refractivity contribution < 1.29 is 23.8 Å². The van der Waals surface area contributed by atoms with Crippen molar-refractivity contribution in [2.45, 2.75) is 32.6 Å². The zero-order valence-corrected chi connectivity index (χ0v) is 14.8. The number of benzene rings is 2. The number of carboxylic acid groups (broad SMARTS) is 1. The van der Waals surface area contributed by atoms with Crippen molar-refractivity contribution >= 4 is 17.6 Å². The Balaban J connectivity index is 1.98. The van der Waals surface area contributed by atoms with Crippen LogP contribution in [-0.4, -0.2) is 23.6 Å². The quantitative estimate of drug-likeness (QED) is 0.747. The molecule has 26 heavy (non-hydrogen) atoms. The number of amides is 1. The number of carbonyl (C=O) groups excluding carboxylic acids is 1. The minimum absolute atomic E-state index is 0.0641. The van der Waals surface area contributed by atoms with E-state index in [4.69, 9.17) is 9.84 Å². The largest absolute Gasteiger partial charge is 0.483 e. The minimum Gasteiger partial charge on any atom is -0.483 e. The average molecular weight is 359 g/mol. The Kier molecular flexibility index (Phi) is 6.72. The minimum atomic E-state index is -1.12. The molecule has 6 heteroatoms. The first-order valence-corrected chi connectivity index (χ1v) is 8.42. The summed E-state index contributed by atoms with van der Waals surface area (Å²) in [6, 6.07) is 11.5. The number of aliphatic carboxylic acids is 1. The maximum atomic E-state index is 13.8. The van der Waals surface area contributed by atoms with Crippen LogP contribution in [0.1, 0.15) is 37.3 Å². The van der Waals surface area contributed by atoms with Gasteiger partial charge in [0.1, 0.15) is 11.6 Å². The molecule has 2 aromatic rings. The van der Waals surface area contributed by atoms with Gasteiger partial charge in [-0.1, -0.05) is 38.1 Å². The number of halogens is 1. The summed E-state index contributed by atoms with van der Waals surface area (Å²) in [6.45, 7) is 3.96. The number of nitrogens with one attached hydrogen (secondary N) is 1. The molecule has 0 radical (unpaired) electrons. The molecule has 2 rings (SSSR count). The molecule has 0 saturated carbocycles. The molecular weight excluding hydrogens is 337 g/mol. The fourth-order valence-corrected chi connectivity index (χ4v) is 2.51. The second-order valence-electron chi connectivity index (χ2n) is 6.06. The molecule has 1 atom stereocenters. The van der Waals surface area contributed by atoms with E-state index in [1.54, 1.807) is 0 Å². The van der Waals surface area contributed by atoms with Gasteiger partial charge in [-0.25, -0.2) is 4.39 Å². The highest BCUT2D eigenvalue weighted by Gasteiger charge is 2.12. The van der Waals surface area contributed by atoms with E-state index < -0.39 is 24.1 Å². The molecule has 0 aromatic heterocycles. The van der Waals surface area contributed by atoms with Gasteiger partial charge in [0.25, 0.3) is 5.91 Å². The van der Waals surface area contributed by atoms with Gasteiger partial charge in [0.05, 0.1) is 6.42 Å². The predicted octanol–water partition coefficient (Wildman–Crippen LogP) is 3.98. The third-order valence-corrected chi connectivity index (χ3v) is 4.10. The highest BCUT2D eigenvalue weighted by Crippen LogP contribution is 2.28. The van der Waals surface area contributed by atoms with Crippen molar-refractivity contribution in [2.75, 3.05) is 11.9 Å². The SMILES string of the molecule is CCC(C)c1ccccc1OCC(=O)Nc1ccc(CC(=O)O)c(F)c1. The maximum absolute atomic E-state index is 13.8. The third-order valence-electron chi connectivity index (χ3n) is 4.10. The van der Waals surface area contributed by atoms with E-state index >= 15 is 0 Å². The lowest BCUT2D eigenvalue weighted by atomic mass is 9.98. The number of carbonyl (C=O) groups is 2. The van der Waals surface area contributed by atoms with Crippen LogP contribution in [-0.2, 0) is 16.0 Å². The molecule has 0 fully saturated rings. The summed E-state index contributed by atoms with van der Waals surface area (Å²) in [7, 11) is 0. The second-order valence-corrected chi connectivity index (χ2v) is 6.06. The second kappa shape index (κ2) is 8.99. The normalized spacial score (nSPS) is 11.7. The smallest absolute Gasteiger partial charge is 0.307 e. The summed E-state index contributed by atoms with van der Waals surface area (Å²) in [5, 5.41) is 11.3. The lowest BCUT2D eigenvalue weighted by molar-refractivity contribution is -0.136. The number of rotatable bonds is 8. The number of ether oxygens (including phenoxy) is 1. The monoisotopic (exact) mass is 359 g/mol. The number of anilines is 1. The first-order chi connectivity index (χ1) is 12.4. The molecule has 0 aliphatic heterocycles. The van der Waals surface area contributed by atoms with E-state index in [9.17, 15) is 14.0 Å². The average Bonchev–Trinajstić information content (AvgIpc) is 2.61. The molecule has 0 aliphatic rings. The molecule has 0 saturated heterocycles. The van der Waals surface area contributed by atoms with Crippen LogP contribution in [0.25, 0.3) is 0 Å². The van der Waals surface area contributed by atoms with E-state index in [0.717, 1.165) is 18.1 Å². The van der Waals surface area contributed by atoms with Crippen molar-refractivity contribution in [2.24, 2.45) is 0 Å². The summed E-state index contributed by atoms with van der Waals surface area (Å²) in [4.78, 5) is 22.7. The van der Waals surface area contributed by atoms with Gasteiger partial charge in [-0.15, -0.1) is 0 Å². The van der Waals surface area contributed by atoms with Crippen molar-refractivity contribution in [3.63, 3.8) is 0 Å². The van der Waals surface area contributed by atoms with Crippen LogP contribution >= 0.6 is 0 Å². The molecule has 0 aliphatic carbocycles. The van der Waals surface area contributed by atoms with Crippen molar-refractivity contribution in [3.8, 4) is 5.75 Å². The van der Waals surface area contributed by atoms with Crippen molar-refractivity contribution in [1.29, 1.82) is 0 Å². The van der Waals surface area contributed by atoms with E-state index in [-0.39, 0.29) is 17.9 Å². The van der Waals surface area contributed by atoms with Gasteiger partial charge in [0, 0.05) is 5.69 Å². The summed E-state index contributed by atoms with van der Waals surface area (Å²) in [5.41, 5.74) is 1.35. The number of para-hydroxylation sites is 1. The van der Waals surface area contributed by atoms with Crippen LogP contribution < -0.4 is 10.1 Å². The summed E-state index contributed by atoms with van der Waals surface area (Å²) >= 11 is 0. The molecule has 0 heterocycles. The van der Waals surface area contributed by atoms with Gasteiger partial charge in [0.15, 0.2) is 6.61 Å². The molecule has 2 N–H and O–H groups in total. The van der Waals surface area contributed by atoms with E-state index in [2.05, 4.69) is 19.2 Å². The topological polar surface area (TPSA) is 75.6 Å². The zero-order chi connectivity index (χ0) is 19.1. The van der Waals surface area contributed by atoms with Crippen LogP contribution in [0, 0.1) is 5.82 Å². The van der Waals surface area contributed by atoms with Crippen LogP contribution in [0.5, 0.6) is 5.75 Å². The Bertz CT molecular complexity index is 791. The van der Waals surface area contributed by atoms with Gasteiger partial charge in [-0.2, -0.15) is 0 Å². The standard InChI is InChI=1S/C20H22FNO4/c1-3-13(2)16-6-4-5-7-18(16)26-12-19(23)22-15-9-8-14(10-20(24)25)17(21)11-15/h4-9,11,13H,3,10,12H2,1-2H3,(H,22,23)(H,24,25). The van der Waals surface area contributed by atoms with Crippen LogP contribution in [0.15, 0.2) is 42.5 Å². The van der Waals surface area contributed by atoms with Gasteiger partial charge in [0.2, 0.25) is 0 Å². The van der Waals surface area contributed by atoms with Gasteiger partial charge in [-0.3, -0.25) is 9.59 Å². The Labute approximate surface area is 151 Å². The van der Waals surface area contributed by atoms with Crippen molar-refractivity contribution in [3.05, 3.63) is 59.4 Å². The van der Waals surface area contributed by atoms with E-state index in [0.29, 0.717) is 11.7 Å². The lowest BCUT2D eigenvalue weighted by Crippen LogP contribution is -2.20. The molecule has 1 amide bonds. The Hall–Kier alpha value is -2.89. The van der Waals surface area contributed by atoms with Gasteiger partial charge < -0.3 is 15.2 Å². The van der Waals surface area contributed by atoms with E-state index in [1.165, 1.54) is 12.1 Å². The Morgan fingerprint density at radius 3 is 2.62 bits per heavy atom. The van der Waals surface area contributed by atoms with Gasteiger partial charge in [-0.05, 0) is 41.7 Å². The first kappa shape index (κ1) is 19.4. The number of hydrogen-bond acceptors (Lipinski definition) is 3. The first-order valence-electron chi connectivity index (χ1n) is 8.42.